The molecule has 0 atom stereocenters. The first-order valence-electron chi connectivity index (χ1n) is 7.30. The minimum atomic E-state index is 0.0898. The van der Waals surface area contributed by atoms with E-state index < -0.39 is 0 Å². The van der Waals surface area contributed by atoms with Gasteiger partial charge in [-0.05, 0) is 45.5 Å². The molecule has 116 valence electrons. The summed E-state index contributed by atoms with van der Waals surface area (Å²) in [5.74, 6) is 0.876. The van der Waals surface area contributed by atoms with Gasteiger partial charge >= 0.3 is 0 Å². The molecule has 1 aliphatic rings. The molecule has 2 rings (SSSR count). The smallest absolute Gasteiger partial charge is 0.124 e. The molecule has 0 bridgehead atoms. The van der Waals surface area contributed by atoms with Crippen LogP contribution in [0.4, 0.5) is 5.69 Å². The van der Waals surface area contributed by atoms with E-state index in [1.54, 1.807) is 7.11 Å². The Labute approximate surface area is 127 Å². The summed E-state index contributed by atoms with van der Waals surface area (Å²) < 4.78 is 5.31. The second kappa shape index (κ2) is 5.93. The van der Waals surface area contributed by atoms with Crippen LogP contribution in [0.2, 0.25) is 0 Å². The van der Waals surface area contributed by atoms with Crippen molar-refractivity contribution >= 4 is 11.5 Å². The summed E-state index contributed by atoms with van der Waals surface area (Å²) in [7, 11) is 8.00. The molecule has 1 aromatic rings. The average Bonchev–Trinajstić information content (AvgIpc) is 2.41. The second-order valence-corrected chi connectivity index (χ2v) is 6.13. The Balaban J connectivity index is 2.29. The summed E-state index contributed by atoms with van der Waals surface area (Å²) in [5.41, 5.74) is 7.66. The minimum Gasteiger partial charge on any atom is -0.497 e. The lowest BCUT2D eigenvalue weighted by Gasteiger charge is -2.49. The summed E-state index contributed by atoms with van der Waals surface area (Å²) in [6, 6.07) is 5.66. The van der Waals surface area contributed by atoms with Gasteiger partial charge in [-0.2, -0.15) is 0 Å². The largest absolute Gasteiger partial charge is 0.497 e. The first-order chi connectivity index (χ1) is 9.89. The molecule has 0 radical (unpaired) electrons. The number of nitrogens with zero attached hydrogens (tertiary/aromatic N) is 2. The third-order valence-corrected chi connectivity index (χ3v) is 4.67. The summed E-state index contributed by atoms with van der Waals surface area (Å²) in [4.78, 5) is 4.51. The van der Waals surface area contributed by atoms with Gasteiger partial charge in [0, 0.05) is 30.8 Å². The molecule has 5 nitrogen and oxygen atoms in total. The Kier molecular flexibility index (Phi) is 4.42. The van der Waals surface area contributed by atoms with E-state index in [-0.39, 0.29) is 11.4 Å². The van der Waals surface area contributed by atoms with Gasteiger partial charge in [0.05, 0.1) is 12.8 Å². The van der Waals surface area contributed by atoms with Crippen LogP contribution in [-0.2, 0) is 0 Å². The zero-order valence-corrected chi connectivity index (χ0v) is 13.4. The molecule has 1 aromatic carbocycles. The van der Waals surface area contributed by atoms with Gasteiger partial charge in [0.1, 0.15) is 11.6 Å². The standard InChI is InChI=1S/C16H26N4O/c1-19(2)16(8-5-9-16)11-20(3)14-10-12(21-4)6-7-13(14)15(17)18/h6-7,10H,5,8-9,11H2,1-4H3,(H3,17,18). The first kappa shape index (κ1) is 15.6. The van der Waals surface area contributed by atoms with Crippen molar-refractivity contribution in [1.29, 1.82) is 5.41 Å². The van der Waals surface area contributed by atoms with Gasteiger partial charge < -0.3 is 20.3 Å². The topological polar surface area (TPSA) is 65.6 Å². The van der Waals surface area contributed by atoms with Crippen molar-refractivity contribution in [3.05, 3.63) is 23.8 Å². The molecule has 0 heterocycles. The third kappa shape index (κ3) is 2.97. The minimum absolute atomic E-state index is 0.0898. The molecule has 0 saturated heterocycles. The normalized spacial score (nSPS) is 16.4. The lowest BCUT2D eigenvalue weighted by molar-refractivity contribution is 0.0683. The quantitative estimate of drug-likeness (QED) is 0.620. The number of ether oxygens (including phenoxy) is 1. The monoisotopic (exact) mass is 290 g/mol. The molecule has 0 aliphatic heterocycles. The highest BCUT2D eigenvalue weighted by Crippen LogP contribution is 2.38. The predicted molar refractivity (Wildman–Crippen MR) is 87.5 cm³/mol. The highest BCUT2D eigenvalue weighted by atomic mass is 16.5. The fourth-order valence-electron chi connectivity index (χ4n) is 3.04. The number of likely N-dealkylation sites (N-methyl/N-ethyl adjacent to an activating group) is 2. The second-order valence-electron chi connectivity index (χ2n) is 6.13. The fourth-order valence-corrected chi connectivity index (χ4v) is 3.04. The third-order valence-electron chi connectivity index (χ3n) is 4.67. The molecule has 0 spiro atoms. The molecule has 5 heteroatoms. The van der Waals surface area contributed by atoms with Crippen LogP contribution in [0, 0.1) is 5.41 Å². The number of hydrogen-bond acceptors (Lipinski definition) is 4. The van der Waals surface area contributed by atoms with Gasteiger partial charge in [-0.3, -0.25) is 5.41 Å². The van der Waals surface area contributed by atoms with E-state index in [4.69, 9.17) is 15.9 Å². The molecule has 3 N–H and O–H groups in total. The fraction of sp³-hybridized carbons (Fsp3) is 0.562. The summed E-state index contributed by atoms with van der Waals surface area (Å²) >= 11 is 0. The van der Waals surface area contributed by atoms with Gasteiger partial charge in [-0.1, -0.05) is 0 Å². The van der Waals surface area contributed by atoms with Crippen molar-refractivity contribution in [3.8, 4) is 5.75 Å². The van der Waals surface area contributed by atoms with E-state index in [1.165, 1.54) is 19.3 Å². The SMILES string of the molecule is COc1ccc(C(=N)N)c(N(C)CC2(N(C)C)CCC2)c1. The lowest BCUT2D eigenvalue weighted by Crippen LogP contribution is -2.56. The van der Waals surface area contributed by atoms with Crippen LogP contribution >= 0.6 is 0 Å². The van der Waals surface area contributed by atoms with E-state index in [0.717, 1.165) is 23.5 Å². The summed E-state index contributed by atoms with van der Waals surface area (Å²) in [6.45, 7) is 0.924. The molecule has 1 aliphatic carbocycles. The van der Waals surface area contributed by atoms with Crippen molar-refractivity contribution in [2.24, 2.45) is 5.73 Å². The van der Waals surface area contributed by atoms with Crippen LogP contribution in [0.25, 0.3) is 0 Å². The maximum absolute atomic E-state index is 7.77. The number of rotatable bonds is 6. The van der Waals surface area contributed by atoms with Crippen LogP contribution in [0.3, 0.4) is 0 Å². The van der Waals surface area contributed by atoms with E-state index in [2.05, 4.69) is 30.9 Å². The van der Waals surface area contributed by atoms with E-state index in [9.17, 15) is 0 Å². The first-order valence-corrected chi connectivity index (χ1v) is 7.30. The number of nitrogens with one attached hydrogen (secondary N) is 1. The van der Waals surface area contributed by atoms with Gasteiger partial charge in [0.2, 0.25) is 0 Å². The molecular formula is C16H26N4O. The highest BCUT2D eigenvalue weighted by Gasteiger charge is 2.40. The number of anilines is 1. The predicted octanol–water partition coefficient (Wildman–Crippen LogP) is 1.90. The van der Waals surface area contributed by atoms with Crippen molar-refractivity contribution in [1.82, 2.24) is 4.90 Å². The average molecular weight is 290 g/mol. The van der Waals surface area contributed by atoms with Gasteiger partial charge in [-0.25, -0.2) is 0 Å². The molecule has 1 saturated carbocycles. The Bertz CT molecular complexity index is 523. The molecule has 0 aromatic heterocycles. The number of amidine groups is 1. The van der Waals surface area contributed by atoms with Crippen molar-refractivity contribution in [3.63, 3.8) is 0 Å². The Morgan fingerprint density at radius 3 is 2.43 bits per heavy atom. The number of nitrogen functional groups attached to an aromatic ring is 1. The molecule has 0 amide bonds. The van der Waals surface area contributed by atoms with Crippen molar-refractivity contribution < 1.29 is 4.74 Å². The summed E-state index contributed by atoms with van der Waals surface area (Å²) in [5, 5.41) is 7.77. The lowest BCUT2D eigenvalue weighted by atomic mass is 9.75. The number of methoxy groups -OCH3 is 1. The van der Waals surface area contributed by atoms with Crippen LogP contribution < -0.4 is 15.4 Å². The molecule has 1 fully saturated rings. The van der Waals surface area contributed by atoms with Crippen LogP contribution in [0.5, 0.6) is 5.75 Å². The Hall–Kier alpha value is -1.75. The van der Waals surface area contributed by atoms with Crippen molar-refractivity contribution in [2.75, 3.05) is 39.7 Å². The number of hydrogen-bond donors (Lipinski definition) is 2. The molecular weight excluding hydrogens is 264 g/mol. The van der Waals surface area contributed by atoms with Crippen molar-refractivity contribution in [2.45, 2.75) is 24.8 Å². The Morgan fingerprint density at radius 1 is 1.33 bits per heavy atom. The number of benzene rings is 1. The Morgan fingerprint density at radius 2 is 2.00 bits per heavy atom. The van der Waals surface area contributed by atoms with Crippen LogP contribution in [-0.4, -0.2) is 51.1 Å². The zero-order chi connectivity index (χ0) is 15.6. The maximum atomic E-state index is 7.77. The van der Waals surface area contributed by atoms with E-state index >= 15 is 0 Å². The summed E-state index contributed by atoms with van der Waals surface area (Å²) in [6.07, 6.45) is 3.71. The van der Waals surface area contributed by atoms with Gasteiger partial charge in [0.15, 0.2) is 0 Å². The molecule has 0 unspecified atom stereocenters. The number of nitrogens with two attached hydrogens (primary N) is 1. The maximum Gasteiger partial charge on any atom is 0.124 e. The van der Waals surface area contributed by atoms with Gasteiger partial charge in [0.25, 0.3) is 0 Å². The van der Waals surface area contributed by atoms with Crippen LogP contribution in [0.1, 0.15) is 24.8 Å². The van der Waals surface area contributed by atoms with Gasteiger partial charge in [-0.15, -0.1) is 0 Å². The van der Waals surface area contributed by atoms with Crippen LogP contribution in [0.15, 0.2) is 18.2 Å². The van der Waals surface area contributed by atoms with E-state index in [1.807, 2.05) is 18.2 Å². The van der Waals surface area contributed by atoms with E-state index in [0.29, 0.717) is 0 Å². The zero-order valence-electron chi connectivity index (χ0n) is 13.4. The highest BCUT2D eigenvalue weighted by molar-refractivity contribution is 6.00. The molecule has 21 heavy (non-hydrogen) atoms.